The summed E-state index contributed by atoms with van der Waals surface area (Å²) in [5.41, 5.74) is 0.981. The van der Waals surface area contributed by atoms with Crippen molar-refractivity contribution in [3.05, 3.63) is 34.9 Å². The number of esters is 1. The summed E-state index contributed by atoms with van der Waals surface area (Å²) in [7, 11) is 0. The minimum absolute atomic E-state index is 0.103. The quantitative estimate of drug-likeness (QED) is 0.117. The van der Waals surface area contributed by atoms with Crippen LogP contribution in [0.4, 0.5) is 0 Å². The molecule has 0 heterocycles. The molecule has 5 unspecified atom stereocenters. The summed E-state index contributed by atoms with van der Waals surface area (Å²) in [5, 5.41) is 0. The fourth-order valence-corrected chi connectivity index (χ4v) is 5.93. The molecule has 0 saturated carbocycles. The summed E-state index contributed by atoms with van der Waals surface area (Å²) >= 11 is 0. The molecular weight excluding hydrogens is 540 g/mol. The van der Waals surface area contributed by atoms with Crippen LogP contribution in [0.5, 0.6) is 0 Å². The molecule has 0 radical (unpaired) electrons. The Morgan fingerprint density at radius 1 is 0.651 bits per heavy atom. The number of hydrogen-bond donors (Lipinski definition) is 0. The van der Waals surface area contributed by atoms with Gasteiger partial charge in [-0.15, -0.1) is 0 Å². The molecule has 0 bridgehead atoms. The van der Waals surface area contributed by atoms with Crippen molar-refractivity contribution < 1.29 is 28.6 Å². The summed E-state index contributed by atoms with van der Waals surface area (Å²) in [6.45, 7) is 14.9. The van der Waals surface area contributed by atoms with Crippen LogP contribution in [0.15, 0.2) is 18.2 Å². The largest absolute Gasteiger partial charge is 0.462 e. The molecule has 0 N–H and O–H groups in total. The van der Waals surface area contributed by atoms with Crippen LogP contribution in [0.25, 0.3) is 0 Å². The van der Waals surface area contributed by atoms with E-state index < -0.39 is 17.8 Å². The first-order chi connectivity index (χ1) is 20.8. The van der Waals surface area contributed by atoms with Gasteiger partial charge in [-0.05, 0) is 55.2 Å². The average molecular weight is 601 g/mol. The van der Waals surface area contributed by atoms with Gasteiger partial charge in [-0.2, -0.15) is 0 Å². The molecule has 1 aromatic carbocycles. The first-order valence-corrected chi connectivity index (χ1v) is 17.4. The molecule has 6 heteroatoms. The monoisotopic (exact) mass is 600 g/mol. The topological polar surface area (TPSA) is 78.9 Å². The number of carbonyl (C=O) groups is 3. The van der Waals surface area contributed by atoms with Gasteiger partial charge in [0.1, 0.15) is 0 Å². The molecule has 2 rings (SSSR count). The van der Waals surface area contributed by atoms with E-state index in [1.54, 1.807) is 18.2 Å². The molecule has 244 valence electrons. The second-order valence-electron chi connectivity index (χ2n) is 12.6. The third kappa shape index (κ3) is 11.8. The van der Waals surface area contributed by atoms with Crippen molar-refractivity contribution >= 4 is 17.5 Å². The lowest BCUT2D eigenvalue weighted by Crippen LogP contribution is -2.42. The maximum absolute atomic E-state index is 14.0. The number of ether oxygens (including phenoxy) is 3. The Hall–Kier alpha value is -2.05. The molecule has 0 amide bonds. The van der Waals surface area contributed by atoms with E-state index in [2.05, 4.69) is 41.5 Å². The first-order valence-electron chi connectivity index (χ1n) is 17.4. The maximum Gasteiger partial charge on any atom is 0.338 e. The zero-order chi connectivity index (χ0) is 31.6. The van der Waals surface area contributed by atoms with Crippen molar-refractivity contribution in [1.82, 2.24) is 0 Å². The third-order valence-electron chi connectivity index (χ3n) is 9.33. The van der Waals surface area contributed by atoms with Gasteiger partial charge in [-0.3, -0.25) is 9.59 Å². The van der Waals surface area contributed by atoms with E-state index >= 15 is 0 Å². The lowest BCUT2D eigenvalue weighted by atomic mass is 9.74. The highest BCUT2D eigenvalue weighted by molar-refractivity contribution is 6.16. The highest BCUT2D eigenvalue weighted by Crippen LogP contribution is 2.33. The van der Waals surface area contributed by atoms with Crippen LogP contribution in [0.3, 0.4) is 0 Å². The molecule has 0 aromatic heterocycles. The standard InChI is InChI=1S/C37H60O6/c1-7-13-16-27(10-4)22-41-25-33-34(26-42-23-28(11-5)17-14-8-2)36(39)32-21-30(19-20-31(32)35(33)38)37(40)43-24-29(12-6)18-15-9-3/h19-21,27-29,33-34H,7-18,22-26H2,1-6H3. The Labute approximate surface area is 262 Å². The van der Waals surface area contributed by atoms with E-state index in [0.717, 1.165) is 77.0 Å². The highest BCUT2D eigenvalue weighted by Gasteiger charge is 2.42. The molecule has 1 aromatic rings. The first kappa shape index (κ1) is 37.1. The second-order valence-corrected chi connectivity index (χ2v) is 12.6. The predicted octanol–water partition coefficient (Wildman–Crippen LogP) is 9.14. The van der Waals surface area contributed by atoms with E-state index in [1.165, 1.54) is 0 Å². The van der Waals surface area contributed by atoms with Crippen molar-refractivity contribution in [2.45, 2.75) is 119 Å². The van der Waals surface area contributed by atoms with Crippen molar-refractivity contribution in [2.24, 2.45) is 29.6 Å². The summed E-state index contributed by atoms with van der Waals surface area (Å²) in [6, 6.07) is 4.80. The van der Waals surface area contributed by atoms with Crippen molar-refractivity contribution in [3.8, 4) is 0 Å². The van der Waals surface area contributed by atoms with Gasteiger partial charge in [0.2, 0.25) is 0 Å². The molecule has 6 nitrogen and oxygen atoms in total. The van der Waals surface area contributed by atoms with Gasteiger partial charge in [0.15, 0.2) is 11.6 Å². The van der Waals surface area contributed by atoms with E-state index in [9.17, 15) is 14.4 Å². The van der Waals surface area contributed by atoms with Crippen LogP contribution in [0, 0.1) is 29.6 Å². The van der Waals surface area contributed by atoms with E-state index in [4.69, 9.17) is 14.2 Å². The van der Waals surface area contributed by atoms with Gasteiger partial charge in [0.05, 0.1) is 37.2 Å². The van der Waals surface area contributed by atoms with E-state index in [-0.39, 0.29) is 24.8 Å². The van der Waals surface area contributed by atoms with Crippen LogP contribution in [-0.4, -0.2) is 50.6 Å². The number of fused-ring (bicyclic) bond motifs is 1. The van der Waals surface area contributed by atoms with Crippen LogP contribution in [-0.2, 0) is 14.2 Å². The zero-order valence-electron chi connectivity index (χ0n) is 28.1. The Morgan fingerprint density at radius 2 is 1.09 bits per heavy atom. The minimum atomic E-state index is -0.635. The lowest BCUT2D eigenvalue weighted by molar-refractivity contribution is 0.0121. The fraction of sp³-hybridized carbons (Fsp3) is 0.757. The predicted molar refractivity (Wildman–Crippen MR) is 174 cm³/mol. The zero-order valence-corrected chi connectivity index (χ0v) is 28.1. The molecule has 0 fully saturated rings. The van der Waals surface area contributed by atoms with Crippen LogP contribution >= 0.6 is 0 Å². The number of rotatable bonds is 23. The number of benzene rings is 1. The molecule has 1 aliphatic carbocycles. The summed E-state index contributed by atoms with van der Waals surface area (Å²) < 4.78 is 17.9. The Kier molecular flexibility index (Phi) is 18.0. The molecule has 43 heavy (non-hydrogen) atoms. The lowest BCUT2D eigenvalue weighted by Gasteiger charge is -2.31. The fourth-order valence-electron chi connectivity index (χ4n) is 5.93. The maximum atomic E-state index is 14.0. The number of carbonyl (C=O) groups excluding carboxylic acids is 3. The van der Waals surface area contributed by atoms with Gasteiger partial charge in [0.25, 0.3) is 0 Å². The van der Waals surface area contributed by atoms with Gasteiger partial charge < -0.3 is 14.2 Å². The molecular formula is C37H60O6. The van der Waals surface area contributed by atoms with Gasteiger partial charge in [-0.1, -0.05) is 99.3 Å². The molecule has 1 aliphatic rings. The summed E-state index contributed by atoms with van der Waals surface area (Å²) in [4.78, 5) is 40.7. The number of hydrogen-bond acceptors (Lipinski definition) is 6. The molecule has 0 aliphatic heterocycles. The number of Topliss-reactive ketones (excluding diaryl/α,β-unsaturated/α-hetero) is 2. The highest BCUT2D eigenvalue weighted by atomic mass is 16.5. The second kappa shape index (κ2) is 20.8. The Morgan fingerprint density at radius 3 is 1.53 bits per heavy atom. The van der Waals surface area contributed by atoms with E-state index in [1.807, 2.05) is 0 Å². The third-order valence-corrected chi connectivity index (χ3v) is 9.33. The van der Waals surface area contributed by atoms with Crippen LogP contribution in [0.2, 0.25) is 0 Å². The van der Waals surface area contributed by atoms with E-state index in [0.29, 0.717) is 54.3 Å². The molecule has 0 spiro atoms. The minimum Gasteiger partial charge on any atom is -0.462 e. The van der Waals surface area contributed by atoms with Crippen molar-refractivity contribution in [2.75, 3.05) is 33.0 Å². The molecule has 5 atom stereocenters. The normalized spacial score (nSPS) is 18.7. The number of ketones is 2. The summed E-state index contributed by atoms with van der Waals surface area (Å²) in [6.07, 6.45) is 13.0. The molecule has 0 saturated heterocycles. The summed E-state index contributed by atoms with van der Waals surface area (Å²) in [5.74, 6) is -0.722. The van der Waals surface area contributed by atoms with Crippen molar-refractivity contribution in [1.29, 1.82) is 0 Å². The van der Waals surface area contributed by atoms with Gasteiger partial charge in [0, 0.05) is 24.3 Å². The van der Waals surface area contributed by atoms with Gasteiger partial charge in [-0.25, -0.2) is 4.79 Å². The van der Waals surface area contributed by atoms with Gasteiger partial charge >= 0.3 is 5.97 Å². The van der Waals surface area contributed by atoms with Crippen LogP contribution in [0.1, 0.15) is 150 Å². The Bertz CT molecular complexity index is 972. The van der Waals surface area contributed by atoms with Crippen LogP contribution < -0.4 is 0 Å². The SMILES string of the molecule is CCCCC(CC)COCC1C(=O)c2ccc(C(=O)OCC(CC)CCCC)cc2C(=O)C1COCC(CC)CCCC. The smallest absolute Gasteiger partial charge is 0.338 e. The average Bonchev–Trinajstić information content (AvgIpc) is 3.03. The Balaban J connectivity index is 2.22. The number of unbranched alkanes of at least 4 members (excludes halogenated alkanes) is 3. The van der Waals surface area contributed by atoms with Crippen molar-refractivity contribution in [3.63, 3.8) is 0 Å².